The predicted molar refractivity (Wildman–Crippen MR) is 69.7 cm³/mol. The van der Waals surface area contributed by atoms with E-state index in [0.29, 0.717) is 6.04 Å². The molecule has 2 aliphatic heterocycles. The number of rotatable bonds is 0. The van der Waals surface area contributed by atoms with Crippen LogP contribution in [0.4, 0.5) is 0 Å². The van der Waals surface area contributed by atoms with E-state index in [4.69, 9.17) is 12.2 Å². The summed E-state index contributed by atoms with van der Waals surface area (Å²) in [5.74, 6) is 0. The molecule has 2 heterocycles. The molecule has 1 saturated heterocycles. The van der Waals surface area contributed by atoms with Crippen molar-refractivity contribution in [3.05, 3.63) is 35.4 Å². The SMILES string of the molecule is S=C1CNC[C@H]2c3ccccc3CCCN12. The summed E-state index contributed by atoms with van der Waals surface area (Å²) in [6.07, 6.45) is 2.40. The average molecular weight is 232 g/mol. The van der Waals surface area contributed by atoms with E-state index in [2.05, 4.69) is 34.5 Å². The monoisotopic (exact) mass is 232 g/mol. The molecule has 84 valence electrons. The second kappa shape index (κ2) is 4.15. The maximum Gasteiger partial charge on any atom is 0.0925 e. The van der Waals surface area contributed by atoms with Crippen LogP contribution in [-0.2, 0) is 6.42 Å². The van der Waals surface area contributed by atoms with Gasteiger partial charge in [0.05, 0.1) is 11.0 Å². The first kappa shape index (κ1) is 10.2. The van der Waals surface area contributed by atoms with Gasteiger partial charge >= 0.3 is 0 Å². The highest BCUT2D eigenvalue weighted by Gasteiger charge is 2.29. The van der Waals surface area contributed by atoms with Crippen LogP contribution in [0.25, 0.3) is 0 Å². The van der Waals surface area contributed by atoms with Crippen molar-refractivity contribution in [1.82, 2.24) is 10.2 Å². The summed E-state index contributed by atoms with van der Waals surface area (Å²) in [7, 11) is 0. The Hall–Kier alpha value is -0.930. The molecule has 1 aromatic carbocycles. The van der Waals surface area contributed by atoms with Gasteiger partial charge in [0.1, 0.15) is 0 Å². The smallest absolute Gasteiger partial charge is 0.0925 e. The summed E-state index contributed by atoms with van der Waals surface area (Å²) < 4.78 is 0. The molecular formula is C13H16N2S. The number of thiocarbonyl (C=S) groups is 1. The zero-order valence-electron chi connectivity index (χ0n) is 9.28. The van der Waals surface area contributed by atoms with Crippen LogP contribution in [0.3, 0.4) is 0 Å². The van der Waals surface area contributed by atoms with Crippen molar-refractivity contribution in [2.24, 2.45) is 0 Å². The Labute approximate surface area is 102 Å². The molecule has 3 rings (SSSR count). The van der Waals surface area contributed by atoms with Crippen LogP contribution in [0.1, 0.15) is 23.6 Å². The second-order valence-corrected chi connectivity index (χ2v) is 5.01. The Balaban J connectivity index is 2.03. The molecule has 0 amide bonds. The van der Waals surface area contributed by atoms with Gasteiger partial charge in [-0.25, -0.2) is 0 Å². The molecule has 1 N–H and O–H groups in total. The van der Waals surface area contributed by atoms with E-state index in [9.17, 15) is 0 Å². The first-order valence-corrected chi connectivity index (χ1v) is 6.35. The third-order valence-electron chi connectivity index (χ3n) is 3.57. The van der Waals surface area contributed by atoms with Crippen LogP contribution in [-0.4, -0.2) is 29.5 Å². The molecule has 0 spiro atoms. The van der Waals surface area contributed by atoms with Gasteiger partial charge in [0.25, 0.3) is 0 Å². The van der Waals surface area contributed by atoms with Crippen molar-refractivity contribution < 1.29 is 0 Å². The van der Waals surface area contributed by atoms with Crippen molar-refractivity contribution in [3.8, 4) is 0 Å². The molecule has 0 aliphatic carbocycles. The fraction of sp³-hybridized carbons (Fsp3) is 0.462. The van der Waals surface area contributed by atoms with Gasteiger partial charge in [0.15, 0.2) is 0 Å². The number of aryl methyl sites for hydroxylation is 1. The molecule has 0 saturated carbocycles. The molecule has 0 unspecified atom stereocenters. The summed E-state index contributed by atoms with van der Waals surface area (Å²) in [5, 5.41) is 3.42. The number of hydrogen-bond donors (Lipinski definition) is 1. The van der Waals surface area contributed by atoms with Crippen molar-refractivity contribution in [2.75, 3.05) is 19.6 Å². The fourth-order valence-electron chi connectivity index (χ4n) is 2.79. The van der Waals surface area contributed by atoms with Crippen LogP contribution in [0.15, 0.2) is 24.3 Å². The predicted octanol–water partition coefficient (Wildman–Crippen LogP) is 1.91. The van der Waals surface area contributed by atoms with Gasteiger partial charge < -0.3 is 10.2 Å². The molecule has 1 atom stereocenters. The van der Waals surface area contributed by atoms with Gasteiger partial charge in [-0.1, -0.05) is 36.5 Å². The first-order chi connectivity index (χ1) is 7.86. The number of benzene rings is 1. The largest absolute Gasteiger partial charge is 0.357 e. The van der Waals surface area contributed by atoms with E-state index < -0.39 is 0 Å². The number of nitrogens with one attached hydrogen (secondary N) is 1. The van der Waals surface area contributed by atoms with E-state index >= 15 is 0 Å². The van der Waals surface area contributed by atoms with Crippen molar-refractivity contribution in [3.63, 3.8) is 0 Å². The highest BCUT2D eigenvalue weighted by atomic mass is 32.1. The second-order valence-electron chi connectivity index (χ2n) is 4.54. The minimum absolute atomic E-state index is 0.458. The molecule has 16 heavy (non-hydrogen) atoms. The lowest BCUT2D eigenvalue weighted by molar-refractivity contribution is 0.291. The zero-order chi connectivity index (χ0) is 11.0. The van der Waals surface area contributed by atoms with Crippen molar-refractivity contribution in [2.45, 2.75) is 18.9 Å². The molecule has 2 nitrogen and oxygen atoms in total. The average Bonchev–Trinajstić information content (AvgIpc) is 2.50. The first-order valence-electron chi connectivity index (χ1n) is 5.94. The van der Waals surface area contributed by atoms with Crippen LogP contribution in [0.2, 0.25) is 0 Å². The maximum absolute atomic E-state index is 5.46. The molecule has 1 fully saturated rings. The van der Waals surface area contributed by atoms with Gasteiger partial charge in [-0.2, -0.15) is 0 Å². The standard InChI is InChI=1S/C13H16N2S/c16-13-9-14-8-12-11-6-2-1-4-10(11)5-3-7-15(12)13/h1-2,4,6,12,14H,3,5,7-9H2/t12-/m0/s1. The third kappa shape index (κ3) is 1.64. The van der Waals surface area contributed by atoms with Crippen LogP contribution in [0.5, 0.6) is 0 Å². The Kier molecular flexibility index (Phi) is 2.65. The Morgan fingerprint density at radius 2 is 2.19 bits per heavy atom. The van der Waals surface area contributed by atoms with E-state index in [1.165, 1.54) is 24.0 Å². The van der Waals surface area contributed by atoms with Gasteiger partial charge in [-0.15, -0.1) is 0 Å². The van der Waals surface area contributed by atoms with E-state index in [-0.39, 0.29) is 0 Å². The highest BCUT2D eigenvalue weighted by molar-refractivity contribution is 7.80. The lowest BCUT2D eigenvalue weighted by Crippen LogP contribution is -2.49. The van der Waals surface area contributed by atoms with Crippen LogP contribution < -0.4 is 5.32 Å². The van der Waals surface area contributed by atoms with Gasteiger partial charge in [0, 0.05) is 19.6 Å². The number of hydrogen-bond acceptors (Lipinski definition) is 2. The van der Waals surface area contributed by atoms with E-state index in [1.54, 1.807) is 0 Å². The Morgan fingerprint density at radius 3 is 3.12 bits per heavy atom. The minimum Gasteiger partial charge on any atom is -0.357 e. The third-order valence-corrected chi connectivity index (χ3v) is 3.95. The fourth-order valence-corrected chi connectivity index (χ4v) is 3.11. The number of fused-ring (bicyclic) bond motifs is 3. The normalized spacial score (nSPS) is 24.6. The lowest BCUT2D eigenvalue weighted by atomic mass is 9.97. The molecule has 0 aromatic heterocycles. The topological polar surface area (TPSA) is 15.3 Å². The number of nitrogens with zero attached hydrogens (tertiary/aromatic N) is 1. The van der Waals surface area contributed by atoms with Gasteiger partial charge in [-0.3, -0.25) is 0 Å². The summed E-state index contributed by atoms with van der Waals surface area (Å²) in [4.78, 5) is 3.49. The van der Waals surface area contributed by atoms with Crippen molar-refractivity contribution >= 4 is 17.2 Å². The summed E-state index contributed by atoms with van der Waals surface area (Å²) in [5.41, 5.74) is 2.97. The van der Waals surface area contributed by atoms with Gasteiger partial charge in [0.2, 0.25) is 0 Å². The van der Waals surface area contributed by atoms with Crippen LogP contribution in [0, 0.1) is 0 Å². The van der Waals surface area contributed by atoms with Crippen LogP contribution >= 0.6 is 12.2 Å². The molecule has 0 radical (unpaired) electrons. The summed E-state index contributed by atoms with van der Waals surface area (Å²) in [6, 6.07) is 9.26. The highest BCUT2D eigenvalue weighted by Crippen LogP contribution is 2.30. The van der Waals surface area contributed by atoms with E-state index in [1.807, 2.05) is 0 Å². The minimum atomic E-state index is 0.458. The molecular weight excluding hydrogens is 216 g/mol. The van der Waals surface area contributed by atoms with Gasteiger partial charge in [-0.05, 0) is 24.0 Å². The summed E-state index contributed by atoms with van der Waals surface area (Å²) >= 11 is 5.46. The maximum atomic E-state index is 5.46. The molecule has 2 aliphatic rings. The Bertz CT molecular complexity index is 416. The molecule has 0 bridgehead atoms. The van der Waals surface area contributed by atoms with Crippen molar-refractivity contribution in [1.29, 1.82) is 0 Å². The van der Waals surface area contributed by atoms with E-state index in [0.717, 1.165) is 24.6 Å². The Morgan fingerprint density at radius 1 is 1.31 bits per heavy atom. The lowest BCUT2D eigenvalue weighted by Gasteiger charge is -2.37. The summed E-state index contributed by atoms with van der Waals surface area (Å²) in [6.45, 7) is 3.00. The molecule has 1 aromatic rings. The molecule has 3 heteroatoms. The quantitative estimate of drug-likeness (QED) is 0.688. The zero-order valence-corrected chi connectivity index (χ0v) is 10.1. The number of piperazine rings is 1.